The fourth-order valence-corrected chi connectivity index (χ4v) is 4.75. The highest BCUT2D eigenvalue weighted by molar-refractivity contribution is 7.89. The number of primary sulfonamides is 1. The number of ether oxygens (including phenoxy) is 1. The third-order valence-corrected chi connectivity index (χ3v) is 7.03. The van der Waals surface area contributed by atoms with Gasteiger partial charge in [-0.1, -0.05) is 95.5 Å². The predicted octanol–water partition coefficient (Wildman–Crippen LogP) is 5.01. The summed E-state index contributed by atoms with van der Waals surface area (Å²) in [7, 11) is -3.89. The van der Waals surface area contributed by atoms with Crippen LogP contribution in [0.3, 0.4) is 0 Å². The average molecular weight is 626 g/mol. The van der Waals surface area contributed by atoms with Crippen molar-refractivity contribution in [2.75, 3.05) is 13.2 Å². The summed E-state index contributed by atoms with van der Waals surface area (Å²) in [5, 5.41) is 15.8. The Kier molecular flexibility index (Phi) is 10.6. The van der Waals surface area contributed by atoms with Crippen molar-refractivity contribution in [3.05, 3.63) is 89.5 Å². The van der Waals surface area contributed by atoms with Crippen LogP contribution in [0.15, 0.2) is 77.7 Å². The summed E-state index contributed by atoms with van der Waals surface area (Å²) in [4.78, 5) is 26.7. The van der Waals surface area contributed by atoms with E-state index in [0.717, 1.165) is 11.1 Å². The Labute approximate surface area is 247 Å². The van der Waals surface area contributed by atoms with Crippen LogP contribution in [0.4, 0.5) is 4.79 Å². The van der Waals surface area contributed by atoms with Crippen LogP contribution in [0.1, 0.15) is 23.6 Å². The van der Waals surface area contributed by atoms with E-state index in [1.165, 1.54) is 6.07 Å². The minimum atomic E-state index is -3.89. The Bertz CT molecular complexity index is 1490. The summed E-state index contributed by atoms with van der Waals surface area (Å²) in [6, 6.07) is 20.4. The van der Waals surface area contributed by atoms with Crippen LogP contribution in [0, 0.1) is 5.41 Å². The third kappa shape index (κ3) is 9.21. The standard InChI is InChI=1S/C27H27Cl3N4O5S/c1-2-34(16-19-6-5-7-21(14-19)25(31)33-26(36)39-17-27(28,29)30)24(35)15-18-10-12-20(13-11-18)22-8-3-4-9-23(22)40(32,37)38/h3-14H,2,15-17H2,1H3,(H2,31,33,36)(H2,32,37,38). The van der Waals surface area contributed by atoms with Crippen LogP contribution >= 0.6 is 34.8 Å². The van der Waals surface area contributed by atoms with Crippen molar-refractivity contribution in [2.45, 2.75) is 28.6 Å². The van der Waals surface area contributed by atoms with E-state index in [9.17, 15) is 18.0 Å². The number of carbonyl (C=O) groups excluding carboxylic acids is 2. The van der Waals surface area contributed by atoms with Gasteiger partial charge in [-0.15, -0.1) is 0 Å². The van der Waals surface area contributed by atoms with Gasteiger partial charge in [0.1, 0.15) is 12.4 Å². The fourth-order valence-electron chi connectivity index (χ4n) is 3.82. The molecule has 0 bridgehead atoms. The molecule has 0 spiro atoms. The lowest BCUT2D eigenvalue weighted by Gasteiger charge is -2.22. The lowest BCUT2D eigenvalue weighted by Crippen LogP contribution is -2.33. The van der Waals surface area contributed by atoms with Crippen molar-refractivity contribution in [2.24, 2.45) is 5.14 Å². The van der Waals surface area contributed by atoms with Gasteiger partial charge in [-0.2, -0.15) is 0 Å². The molecule has 0 aromatic heterocycles. The minimum absolute atomic E-state index is 0.0289. The average Bonchev–Trinajstić information content (AvgIpc) is 2.90. The van der Waals surface area contributed by atoms with E-state index < -0.39 is 26.5 Å². The molecule has 9 nitrogen and oxygen atoms in total. The number of sulfonamides is 1. The van der Waals surface area contributed by atoms with Crippen LogP contribution in [-0.4, -0.2) is 48.1 Å². The lowest BCUT2D eigenvalue weighted by molar-refractivity contribution is -0.130. The number of amides is 2. The highest BCUT2D eigenvalue weighted by Crippen LogP contribution is 2.27. The van der Waals surface area contributed by atoms with Crippen LogP contribution in [-0.2, 0) is 32.5 Å². The number of alkyl carbamates (subject to hydrolysis) is 1. The maximum absolute atomic E-state index is 13.1. The molecule has 3 rings (SSSR count). The van der Waals surface area contributed by atoms with Gasteiger partial charge in [0.25, 0.3) is 0 Å². The predicted molar refractivity (Wildman–Crippen MR) is 156 cm³/mol. The summed E-state index contributed by atoms with van der Waals surface area (Å²) in [5.41, 5.74) is 3.06. The quantitative estimate of drug-likeness (QED) is 0.174. The van der Waals surface area contributed by atoms with Crippen molar-refractivity contribution in [1.29, 1.82) is 5.41 Å². The first kappa shape index (κ1) is 31.4. The van der Waals surface area contributed by atoms with Gasteiger partial charge in [-0.05, 0) is 35.7 Å². The summed E-state index contributed by atoms with van der Waals surface area (Å²) in [6.07, 6.45) is -0.803. The van der Waals surface area contributed by atoms with Gasteiger partial charge in [0.05, 0.1) is 11.3 Å². The van der Waals surface area contributed by atoms with E-state index in [4.69, 9.17) is 50.1 Å². The number of nitrogens with one attached hydrogen (secondary N) is 2. The Morgan fingerprint density at radius 1 is 1.00 bits per heavy atom. The number of nitrogens with zero attached hydrogens (tertiary/aromatic N) is 1. The largest absolute Gasteiger partial charge is 0.445 e. The molecular formula is C27H27Cl3N4O5S. The van der Waals surface area contributed by atoms with Gasteiger partial charge >= 0.3 is 6.09 Å². The van der Waals surface area contributed by atoms with Crippen molar-refractivity contribution < 1.29 is 22.7 Å². The number of alkyl halides is 3. The highest BCUT2D eigenvalue weighted by Gasteiger charge is 2.23. The van der Waals surface area contributed by atoms with E-state index in [1.54, 1.807) is 65.6 Å². The summed E-state index contributed by atoms with van der Waals surface area (Å²) in [5.74, 6) is -0.330. The number of hydrogen-bond acceptors (Lipinski definition) is 6. The summed E-state index contributed by atoms with van der Waals surface area (Å²) >= 11 is 16.7. The van der Waals surface area contributed by atoms with Gasteiger partial charge in [0.15, 0.2) is 0 Å². The molecule has 0 saturated carbocycles. The number of nitrogens with two attached hydrogens (primary N) is 1. The molecule has 0 unspecified atom stereocenters. The van der Waals surface area contributed by atoms with Crippen molar-refractivity contribution in [1.82, 2.24) is 10.2 Å². The van der Waals surface area contributed by atoms with Crippen LogP contribution in [0.2, 0.25) is 0 Å². The molecular weight excluding hydrogens is 599 g/mol. The number of amidine groups is 1. The molecule has 13 heteroatoms. The van der Waals surface area contributed by atoms with E-state index in [-0.39, 0.29) is 29.6 Å². The number of benzene rings is 3. The van der Waals surface area contributed by atoms with E-state index >= 15 is 0 Å². The number of carbonyl (C=O) groups is 2. The molecule has 3 aromatic rings. The molecule has 0 aliphatic rings. The monoisotopic (exact) mass is 624 g/mol. The molecule has 0 aliphatic heterocycles. The van der Waals surface area contributed by atoms with Gasteiger partial charge in [-0.25, -0.2) is 18.4 Å². The first-order chi connectivity index (χ1) is 18.8. The second-order valence-electron chi connectivity index (χ2n) is 8.71. The molecule has 3 aromatic carbocycles. The van der Waals surface area contributed by atoms with Crippen molar-refractivity contribution >= 4 is 62.7 Å². The topological polar surface area (TPSA) is 143 Å². The second-order valence-corrected chi connectivity index (χ2v) is 12.8. The molecule has 212 valence electrons. The first-order valence-corrected chi connectivity index (χ1v) is 14.6. The molecule has 40 heavy (non-hydrogen) atoms. The zero-order valence-corrected chi connectivity index (χ0v) is 24.4. The maximum atomic E-state index is 13.1. The molecule has 0 radical (unpaired) electrons. The normalized spacial score (nSPS) is 11.5. The molecule has 0 atom stereocenters. The molecule has 2 amide bonds. The highest BCUT2D eigenvalue weighted by atomic mass is 35.6. The summed E-state index contributed by atoms with van der Waals surface area (Å²) < 4.78 is 26.9. The van der Waals surface area contributed by atoms with E-state index in [0.29, 0.717) is 23.2 Å². The van der Waals surface area contributed by atoms with Crippen LogP contribution in [0.25, 0.3) is 11.1 Å². The van der Waals surface area contributed by atoms with Gasteiger partial charge < -0.3 is 9.64 Å². The van der Waals surface area contributed by atoms with Crippen molar-refractivity contribution in [3.8, 4) is 11.1 Å². The molecule has 0 heterocycles. The Morgan fingerprint density at radius 2 is 1.68 bits per heavy atom. The maximum Gasteiger partial charge on any atom is 0.412 e. The zero-order chi connectivity index (χ0) is 29.5. The van der Waals surface area contributed by atoms with Crippen molar-refractivity contribution in [3.63, 3.8) is 0 Å². The van der Waals surface area contributed by atoms with Crippen LogP contribution in [0.5, 0.6) is 0 Å². The Balaban J connectivity index is 1.65. The van der Waals surface area contributed by atoms with Gasteiger partial charge in [-0.3, -0.25) is 15.5 Å². The third-order valence-electron chi connectivity index (χ3n) is 5.73. The van der Waals surface area contributed by atoms with E-state index in [2.05, 4.69) is 5.32 Å². The molecule has 0 fully saturated rings. The fraction of sp³-hybridized carbons (Fsp3) is 0.222. The summed E-state index contributed by atoms with van der Waals surface area (Å²) in [6.45, 7) is 2.12. The number of rotatable bonds is 9. The lowest BCUT2D eigenvalue weighted by atomic mass is 10.0. The smallest absolute Gasteiger partial charge is 0.412 e. The van der Waals surface area contributed by atoms with Gasteiger partial charge in [0.2, 0.25) is 19.7 Å². The SMILES string of the molecule is CCN(Cc1cccc(C(=N)NC(=O)OCC(Cl)(Cl)Cl)c1)C(=O)Cc1ccc(-c2ccccc2S(N)(=O)=O)cc1. The molecule has 0 aliphatic carbocycles. The minimum Gasteiger partial charge on any atom is -0.445 e. The van der Waals surface area contributed by atoms with Crippen LogP contribution < -0.4 is 10.5 Å². The molecule has 0 saturated heterocycles. The van der Waals surface area contributed by atoms with E-state index in [1.807, 2.05) is 13.0 Å². The zero-order valence-electron chi connectivity index (χ0n) is 21.4. The number of halogens is 3. The van der Waals surface area contributed by atoms with Gasteiger partial charge in [0, 0.05) is 24.2 Å². The number of hydrogen-bond donors (Lipinski definition) is 3. The molecule has 4 N–H and O–H groups in total. The Hall–Kier alpha value is -3.15. The first-order valence-electron chi connectivity index (χ1n) is 11.9. The Morgan fingerprint density at radius 3 is 2.30 bits per heavy atom. The number of likely N-dealkylation sites (N-methyl/N-ethyl adjacent to an activating group) is 1. The second kappa shape index (κ2) is 13.5.